The van der Waals surface area contributed by atoms with E-state index in [4.69, 9.17) is 10.5 Å². The van der Waals surface area contributed by atoms with Gasteiger partial charge in [-0.25, -0.2) is 4.79 Å². The minimum Gasteiger partial charge on any atom is -0.474 e. The van der Waals surface area contributed by atoms with Gasteiger partial charge < -0.3 is 10.5 Å². The molecule has 0 aliphatic rings. The number of imide groups is 1. The first-order valence-electron chi connectivity index (χ1n) is 5.35. The predicted molar refractivity (Wildman–Crippen MR) is 66.3 cm³/mol. The molecule has 0 radical (unpaired) electrons. The van der Waals surface area contributed by atoms with Crippen molar-refractivity contribution < 1.29 is 24.0 Å². The first-order valence-corrected chi connectivity index (χ1v) is 5.35. The van der Waals surface area contributed by atoms with Crippen LogP contribution in [0.15, 0.2) is 18.2 Å². The Labute approximate surface area is 112 Å². The van der Waals surface area contributed by atoms with E-state index >= 15 is 0 Å². The molecule has 0 bridgehead atoms. The highest BCUT2D eigenvalue weighted by atomic mass is 16.6. The van der Waals surface area contributed by atoms with Crippen molar-refractivity contribution in [3.05, 3.63) is 33.9 Å². The van der Waals surface area contributed by atoms with Crippen molar-refractivity contribution in [3.8, 4) is 5.75 Å². The maximum Gasteiger partial charge on any atom is 0.318 e. The lowest BCUT2D eigenvalue weighted by Gasteiger charge is -2.13. The third-order valence-electron chi connectivity index (χ3n) is 2.24. The Balaban J connectivity index is 2.97. The number of rotatable bonds is 5. The van der Waals surface area contributed by atoms with Crippen molar-refractivity contribution in [1.29, 1.82) is 0 Å². The molecule has 3 N–H and O–H groups in total. The fraction of sp³-hybridized carbons (Fsp3) is 0.182. The Hall–Kier alpha value is -2.97. The van der Waals surface area contributed by atoms with Gasteiger partial charge in [-0.15, -0.1) is 0 Å². The second-order valence-electron chi connectivity index (χ2n) is 3.72. The molecule has 0 aromatic heterocycles. The smallest absolute Gasteiger partial charge is 0.318 e. The Bertz CT molecular complexity index is 571. The number of nitro benzene ring substituents is 1. The number of carbonyl (C=O) groups is 3. The molecule has 0 aliphatic carbocycles. The number of hydrogen-bond acceptors (Lipinski definition) is 6. The van der Waals surface area contributed by atoms with Crippen LogP contribution in [0.4, 0.5) is 10.5 Å². The summed E-state index contributed by atoms with van der Waals surface area (Å²) in [5, 5.41) is 12.6. The molecular formula is C11H11N3O6. The molecule has 9 heteroatoms. The lowest BCUT2D eigenvalue weighted by atomic mass is 10.2. The van der Waals surface area contributed by atoms with Crippen molar-refractivity contribution in [1.82, 2.24) is 5.32 Å². The summed E-state index contributed by atoms with van der Waals surface area (Å²) in [6, 6.07) is 2.45. The minimum atomic E-state index is -1.18. The molecule has 9 nitrogen and oxygen atoms in total. The van der Waals surface area contributed by atoms with Gasteiger partial charge in [-0.1, -0.05) is 0 Å². The molecule has 1 aromatic carbocycles. The zero-order chi connectivity index (χ0) is 15.3. The number of urea groups is 1. The Morgan fingerprint density at radius 2 is 2.15 bits per heavy atom. The number of benzene rings is 1. The maximum atomic E-state index is 11.4. The molecule has 0 spiro atoms. The maximum absolute atomic E-state index is 11.4. The number of nitro groups is 1. The monoisotopic (exact) mass is 281 g/mol. The van der Waals surface area contributed by atoms with Crippen LogP contribution in [-0.4, -0.2) is 29.3 Å². The number of ether oxygens (including phenoxy) is 1. The van der Waals surface area contributed by atoms with Gasteiger partial charge in [-0.05, 0) is 19.1 Å². The third-order valence-corrected chi connectivity index (χ3v) is 2.24. The molecule has 1 rings (SSSR count). The summed E-state index contributed by atoms with van der Waals surface area (Å²) in [5.74, 6) is -1.04. The summed E-state index contributed by atoms with van der Waals surface area (Å²) in [6.45, 7) is 1.29. The van der Waals surface area contributed by atoms with Crippen LogP contribution in [0.3, 0.4) is 0 Å². The van der Waals surface area contributed by atoms with E-state index in [1.165, 1.54) is 19.1 Å². The van der Waals surface area contributed by atoms with Gasteiger partial charge in [0.25, 0.3) is 5.91 Å². The highest BCUT2D eigenvalue weighted by Gasteiger charge is 2.22. The standard InChI is InChI=1S/C11H11N3O6/c1-6(10(16)13-11(12)17)20-9-3-2-7(5-15)4-8(9)14(18)19/h2-6H,1H3,(H3,12,13,16,17). The number of aldehydes is 1. The third kappa shape index (κ3) is 3.77. The summed E-state index contributed by atoms with van der Waals surface area (Å²) in [4.78, 5) is 42.6. The highest BCUT2D eigenvalue weighted by molar-refractivity contribution is 5.95. The van der Waals surface area contributed by atoms with Crippen molar-refractivity contribution in [2.45, 2.75) is 13.0 Å². The zero-order valence-electron chi connectivity index (χ0n) is 10.4. The quantitative estimate of drug-likeness (QED) is 0.453. The molecule has 106 valence electrons. The van der Waals surface area contributed by atoms with E-state index in [2.05, 4.69) is 0 Å². The topological polar surface area (TPSA) is 142 Å². The van der Waals surface area contributed by atoms with Crippen molar-refractivity contribution >= 4 is 23.9 Å². The molecule has 0 fully saturated rings. The summed E-state index contributed by atoms with van der Waals surface area (Å²) in [6.07, 6.45) is -0.733. The van der Waals surface area contributed by atoms with Gasteiger partial charge in [-0.2, -0.15) is 0 Å². The molecule has 0 heterocycles. The zero-order valence-corrected chi connectivity index (χ0v) is 10.4. The summed E-state index contributed by atoms with van der Waals surface area (Å²) in [5.41, 5.74) is 4.40. The average molecular weight is 281 g/mol. The SMILES string of the molecule is CC(Oc1ccc(C=O)cc1[N+](=O)[O-])C(=O)NC(N)=O. The van der Waals surface area contributed by atoms with Gasteiger partial charge in [0, 0.05) is 11.6 Å². The highest BCUT2D eigenvalue weighted by Crippen LogP contribution is 2.28. The normalized spacial score (nSPS) is 11.2. The molecule has 20 heavy (non-hydrogen) atoms. The Morgan fingerprint density at radius 3 is 2.65 bits per heavy atom. The summed E-state index contributed by atoms with van der Waals surface area (Å²) in [7, 11) is 0. The second-order valence-corrected chi connectivity index (χ2v) is 3.72. The lowest BCUT2D eigenvalue weighted by molar-refractivity contribution is -0.386. The van der Waals surface area contributed by atoms with Crippen LogP contribution in [-0.2, 0) is 4.79 Å². The fourth-order valence-corrected chi connectivity index (χ4v) is 1.32. The number of carbonyl (C=O) groups excluding carboxylic acids is 3. The fourth-order valence-electron chi connectivity index (χ4n) is 1.32. The number of nitrogens with one attached hydrogen (secondary N) is 1. The molecule has 1 unspecified atom stereocenters. The number of hydrogen-bond donors (Lipinski definition) is 2. The van der Waals surface area contributed by atoms with Crippen molar-refractivity contribution in [2.75, 3.05) is 0 Å². The largest absolute Gasteiger partial charge is 0.474 e. The van der Waals surface area contributed by atoms with Crippen LogP contribution in [0.1, 0.15) is 17.3 Å². The first kappa shape index (κ1) is 15.1. The number of primary amides is 1. The van der Waals surface area contributed by atoms with E-state index in [1.807, 2.05) is 0 Å². The molecule has 3 amide bonds. The first-order chi connectivity index (χ1) is 9.35. The van der Waals surface area contributed by atoms with E-state index in [-0.39, 0.29) is 11.3 Å². The van der Waals surface area contributed by atoms with Gasteiger partial charge in [-0.3, -0.25) is 25.0 Å². The van der Waals surface area contributed by atoms with Crippen LogP contribution < -0.4 is 15.8 Å². The van der Waals surface area contributed by atoms with Crippen LogP contribution in [0.2, 0.25) is 0 Å². The summed E-state index contributed by atoms with van der Waals surface area (Å²) >= 11 is 0. The second kappa shape index (κ2) is 6.27. The van der Waals surface area contributed by atoms with Crippen LogP contribution in [0.5, 0.6) is 5.75 Å². The van der Waals surface area contributed by atoms with Gasteiger partial charge >= 0.3 is 11.7 Å². The minimum absolute atomic E-state index is 0.0956. The number of amides is 3. The molecule has 1 aromatic rings. The van der Waals surface area contributed by atoms with Gasteiger partial charge in [0.2, 0.25) is 0 Å². The average Bonchev–Trinajstić information content (AvgIpc) is 2.37. The molecule has 0 aliphatic heterocycles. The van der Waals surface area contributed by atoms with E-state index < -0.39 is 28.7 Å². The Morgan fingerprint density at radius 1 is 1.50 bits per heavy atom. The van der Waals surface area contributed by atoms with Crippen LogP contribution in [0.25, 0.3) is 0 Å². The van der Waals surface area contributed by atoms with Crippen LogP contribution in [0, 0.1) is 10.1 Å². The number of nitrogens with two attached hydrogens (primary N) is 1. The van der Waals surface area contributed by atoms with Gasteiger partial charge in [0.05, 0.1) is 4.92 Å². The van der Waals surface area contributed by atoms with Crippen molar-refractivity contribution in [3.63, 3.8) is 0 Å². The van der Waals surface area contributed by atoms with E-state index in [0.29, 0.717) is 6.29 Å². The molecular weight excluding hydrogens is 270 g/mol. The van der Waals surface area contributed by atoms with Gasteiger partial charge in [0.15, 0.2) is 11.9 Å². The number of nitrogens with zero attached hydrogens (tertiary/aromatic N) is 1. The van der Waals surface area contributed by atoms with Crippen molar-refractivity contribution in [2.24, 2.45) is 5.73 Å². The predicted octanol–water partition coefficient (Wildman–Crippen LogP) is 0.370. The van der Waals surface area contributed by atoms with E-state index in [0.717, 1.165) is 6.07 Å². The molecule has 1 atom stereocenters. The molecule has 0 saturated heterocycles. The van der Waals surface area contributed by atoms with E-state index in [9.17, 15) is 24.5 Å². The van der Waals surface area contributed by atoms with Gasteiger partial charge in [0.1, 0.15) is 6.29 Å². The summed E-state index contributed by atoms with van der Waals surface area (Å²) < 4.78 is 5.09. The molecule has 0 saturated carbocycles. The lowest BCUT2D eigenvalue weighted by Crippen LogP contribution is -2.42. The Kier molecular flexibility index (Phi) is 4.73. The van der Waals surface area contributed by atoms with Crippen LogP contribution >= 0.6 is 0 Å². The van der Waals surface area contributed by atoms with E-state index in [1.54, 1.807) is 5.32 Å².